The number of benzene rings is 1. The third-order valence-electron chi connectivity index (χ3n) is 3.74. The molecule has 0 spiro atoms. The number of hydrogen-bond donors (Lipinski definition) is 2. The molecule has 0 bridgehead atoms. The zero-order valence-corrected chi connectivity index (χ0v) is 11.1. The van der Waals surface area contributed by atoms with E-state index in [0.29, 0.717) is 6.42 Å². The summed E-state index contributed by atoms with van der Waals surface area (Å²) < 4.78 is 1.92. The molecule has 104 valence electrons. The quantitative estimate of drug-likeness (QED) is 0.894. The Kier molecular flexibility index (Phi) is 3.28. The molecule has 1 atom stereocenters. The Labute approximate surface area is 117 Å². The zero-order valence-electron chi connectivity index (χ0n) is 11.1. The number of carbonyl (C=O) groups is 1. The van der Waals surface area contributed by atoms with Crippen LogP contribution in [0.5, 0.6) is 0 Å². The summed E-state index contributed by atoms with van der Waals surface area (Å²) in [5.74, 6) is -0.224. The van der Waals surface area contributed by atoms with Gasteiger partial charge in [0.1, 0.15) is 5.82 Å². The van der Waals surface area contributed by atoms with Gasteiger partial charge in [0.15, 0.2) is 5.69 Å². The predicted octanol–water partition coefficient (Wildman–Crippen LogP) is 1.97. The van der Waals surface area contributed by atoms with E-state index >= 15 is 0 Å². The highest BCUT2D eigenvalue weighted by Gasteiger charge is 2.27. The molecule has 0 amide bonds. The second kappa shape index (κ2) is 5.09. The molecule has 1 aromatic carbocycles. The summed E-state index contributed by atoms with van der Waals surface area (Å²) in [6.45, 7) is 0. The number of aromatic carboxylic acids is 1. The molecule has 0 saturated heterocycles. The van der Waals surface area contributed by atoms with Crippen molar-refractivity contribution in [2.45, 2.75) is 31.8 Å². The minimum Gasteiger partial charge on any atom is -0.476 e. The molecule has 0 radical (unpaired) electrons. The van der Waals surface area contributed by atoms with Gasteiger partial charge in [0.2, 0.25) is 0 Å². The van der Waals surface area contributed by atoms with Gasteiger partial charge < -0.3 is 15.4 Å². The number of aromatic nitrogens is 2. The van der Waals surface area contributed by atoms with Gasteiger partial charge in [-0.1, -0.05) is 30.3 Å². The fourth-order valence-corrected chi connectivity index (χ4v) is 2.83. The standard InChI is InChI=1S/C15H17N3O2/c16-12-8-4-7-11-14(15(19)20)17-13(18(11)12)9-10-5-2-1-3-6-10/h1-3,5-6,12H,4,7-9,16H2,(H,19,20). The van der Waals surface area contributed by atoms with Gasteiger partial charge >= 0.3 is 5.97 Å². The number of hydrogen-bond acceptors (Lipinski definition) is 3. The van der Waals surface area contributed by atoms with E-state index in [1.165, 1.54) is 0 Å². The summed E-state index contributed by atoms with van der Waals surface area (Å²) >= 11 is 0. The largest absolute Gasteiger partial charge is 0.476 e. The van der Waals surface area contributed by atoms with Crippen molar-refractivity contribution in [1.29, 1.82) is 0 Å². The van der Waals surface area contributed by atoms with E-state index in [9.17, 15) is 9.90 Å². The highest BCUT2D eigenvalue weighted by molar-refractivity contribution is 5.87. The van der Waals surface area contributed by atoms with Crippen LogP contribution in [-0.2, 0) is 12.8 Å². The maximum absolute atomic E-state index is 11.3. The van der Waals surface area contributed by atoms with Crippen molar-refractivity contribution in [3.8, 4) is 0 Å². The molecule has 1 aliphatic heterocycles. The van der Waals surface area contributed by atoms with Crippen LogP contribution >= 0.6 is 0 Å². The topological polar surface area (TPSA) is 81.1 Å². The Morgan fingerprint density at radius 1 is 1.40 bits per heavy atom. The SMILES string of the molecule is NC1CCCc2c(C(=O)O)nc(Cc3ccccc3)n21. The number of carboxylic acids is 1. The highest BCUT2D eigenvalue weighted by atomic mass is 16.4. The lowest BCUT2D eigenvalue weighted by atomic mass is 10.1. The van der Waals surface area contributed by atoms with Crippen LogP contribution in [0.15, 0.2) is 30.3 Å². The van der Waals surface area contributed by atoms with E-state index < -0.39 is 5.97 Å². The fraction of sp³-hybridized carbons (Fsp3) is 0.333. The van der Waals surface area contributed by atoms with Crippen LogP contribution in [0.3, 0.4) is 0 Å². The van der Waals surface area contributed by atoms with Crippen molar-refractivity contribution in [2.75, 3.05) is 0 Å². The van der Waals surface area contributed by atoms with Crippen LogP contribution < -0.4 is 5.73 Å². The second-order valence-electron chi connectivity index (χ2n) is 5.12. The summed E-state index contributed by atoms with van der Waals surface area (Å²) in [4.78, 5) is 15.6. The van der Waals surface area contributed by atoms with Crippen LogP contribution in [0.2, 0.25) is 0 Å². The maximum Gasteiger partial charge on any atom is 0.356 e. The molecule has 3 N–H and O–H groups in total. The van der Waals surface area contributed by atoms with Crippen molar-refractivity contribution in [1.82, 2.24) is 9.55 Å². The molecule has 20 heavy (non-hydrogen) atoms. The van der Waals surface area contributed by atoms with Gasteiger partial charge in [0.05, 0.1) is 11.9 Å². The van der Waals surface area contributed by atoms with Gasteiger partial charge in [0.25, 0.3) is 0 Å². The van der Waals surface area contributed by atoms with Crippen molar-refractivity contribution >= 4 is 5.97 Å². The number of nitrogens with zero attached hydrogens (tertiary/aromatic N) is 2. The summed E-state index contributed by atoms with van der Waals surface area (Å²) in [7, 11) is 0. The molecule has 1 aliphatic rings. The molecule has 0 aliphatic carbocycles. The number of imidazole rings is 1. The predicted molar refractivity (Wildman–Crippen MR) is 74.6 cm³/mol. The number of nitrogens with two attached hydrogens (primary N) is 1. The lowest BCUT2D eigenvalue weighted by Crippen LogP contribution is -2.27. The molecular formula is C15H17N3O2. The van der Waals surface area contributed by atoms with Crippen LogP contribution in [0.25, 0.3) is 0 Å². The van der Waals surface area contributed by atoms with Gasteiger partial charge in [-0.2, -0.15) is 0 Å². The lowest BCUT2D eigenvalue weighted by molar-refractivity contribution is 0.0689. The van der Waals surface area contributed by atoms with Crippen molar-refractivity contribution in [3.63, 3.8) is 0 Å². The molecule has 2 heterocycles. The van der Waals surface area contributed by atoms with Crippen molar-refractivity contribution < 1.29 is 9.90 Å². The van der Waals surface area contributed by atoms with Crippen LogP contribution in [0, 0.1) is 0 Å². The summed E-state index contributed by atoms with van der Waals surface area (Å²) in [5.41, 5.74) is 8.18. The Bertz CT molecular complexity index is 634. The zero-order chi connectivity index (χ0) is 14.1. The first kappa shape index (κ1) is 12.9. The van der Waals surface area contributed by atoms with Crippen LogP contribution in [-0.4, -0.2) is 20.6 Å². The molecular weight excluding hydrogens is 254 g/mol. The van der Waals surface area contributed by atoms with E-state index in [0.717, 1.165) is 36.3 Å². The third-order valence-corrected chi connectivity index (χ3v) is 3.74. The average Bonchev–Trinajstić information content (AvgIpc) is 2.80. The van der Waals surface area contributed by atoms with Gasteiger partial charge in [0, 0.05) is 6.42 Å². The summed E-state index contributed by atoms with van der Waals surface area (Å²) in [6, 6.07) is 9.91. The van der Waals surface area contributed by atoms with E-state index in [4.69, 9.17) is 5.73 Å². The average molecular weight is 271 g/mol. The lowest BCUT2D eigenvalue weighted by Gasteiger charge is -2.24. The minimum atomic E-state index is -0.970. The molecule has 5 nitrogen and oxygen atoms in total. The first-order chi connectivity index (χ1) is 9.66. The van der Waals surface area contributed by atoms with E-state index in [1.54, 1.807) is 0 Å². The van der Waals surface area contributed by atoms with Crippen LogP contribution in [0.4, 0.5) is 0 Å². The molecule has 3 rings (SSSR count). The molecule has 0 fully saturated rings. The van der Waals surface area contributed by atoms with Crippen molar-refractivity contribution in [2.24, 2.45) is 5.73 Å². The Hall–Kier alpha value is -2.14. The molecule has 1 aromatic heterocycles. The Morgan fingerprint density at radius 2 is 2.15 bits per heavy atom. The Morgan fingerprint density at radius 3 is 2.85 bits per heavy atom. The molecule has 1 unspecified atom stereocenters. The number of rotatable bonds is 3. The maximum atomic E-state index is 11.3. The van der Waals surface area contributed by atoms with E-state index in [1.807, 2.05) is 34.9 Å². The Balaban J connectivity index is 2.04. The van der Waals surface area contributed by atoms with Gasteiger partial charge in [-0.15, -0.1) is 0 Å². The van der Waals surface area contributed by atoms with Crippen molar-refractivity contribution in [3.05, 3.63) is 53.1 Å². The minimum absolute atomic E-state index is 0.158. The fourth-order valence-electron chi connectivity index (χ4n) is 2.83. The molecule has 0 saturated carbocycles. The number of fused-ring (bicyclic) bond motifs is 1. The van der Waals surface area contributed by atoms with Crippen LogP contribution in [0.1, 0.15) is 46.6 Å². The van der Waals surface area contributed by atoms with Gasteiger partial charge in [-0.25, -0.2) is 9.78 Å². The smallest absolute Gasteiger partial charge is 0.356 e. The van der Waals surface area contributed by atoms with Gasteiger partial charge in [-0.05, 0) is 24.8 Å². The summed E-state index contributed by atoms with van der Waals surface area (Å²) in [6.07, 6.45) is 2.95. The highest BCUT2D eigenvalue weighted by Crippen LogP contribution is 2.27. The normalized spacial score (nSPS) is 17.8. The number of carboxylic acid groups (broad SMARTS) is 1. The monoisotopic (exact) mass is 271 g/mol. The molecule has 5 heteroatoms. The molecule has 2 aromatic rings. The first-order valence-corrected chi connectivity index (χ1v) is 6.79. The summed E-state index contributed by atoms with van der Waals surface area (Å²) in [5, 5.41) is 9.29. The van der Waals surface area contributed by atoms with E-state index in [2.05, 4.69) is 4.98 Å². The van der Waals surface area contributed by atoms with Gasteiger partial charge in [-0.3, -0.25) is 0 Å². The van der Waals surface area contributed by atoms with E-state index in [-0.39, 0.29) is 11.9 Å². The first-order valence-electron chi connectivity index (χ1n) is 6.79. The third kappa shape index (κ3) is 2.20. The second-order valence-corrected chi connectivity index (χ2v) is 5.12.